The fraction of sp³-hybridized carbons (Fsp3) is 0.444. The van der Waals surface area contributed by atoms with E-state index in [1.165, 1.54) is 23.0 Å². The van der Waals surface area contributed by atoms with E-state index in [1.54, 1.807) is 11.3 Å². The number of nitrogens with zero attached hydrogens (tertiary/aromatic N) is 2. The Hall–Kier alpha value is 0.0600. The molecule has 2 unspecified atom stereocenters. The molecule has 1 fully saturated rings. The molecule has 0 amide bonds. The lowest BCUT2D eigenvalue weighted by Gasteiger charge is -2.19. The van der Waals surface area contributed by atoms with Gasteiger partial charge in [-0.25, -0.2) is 4.98 Å². The average Bonchev–Trinajstić information content (AvgIpc) is 2.85. The van der Waals surface area contributed by atoms with E-state index in [0.29, 0.717) is 9.97 Å². The second-order valence-corrected chi connectivity index (χ2v) is 5.73. The molecule has 2 atom stereocenters. The molecule has 0 bridgehead atoms. The second-order valence-electron chi connectivity index (χ2n) is 3.41. The van der Waals surface area contributed by atoms with Crippen molar-refractivity contribution in [1.82, 2.24) is 9.88 Å². The Morgan fingerprint density at radius 1 is 1.46 bits per heavy atom. The molecule has 2 nitrogen and oxygen atoms in total. The van der Waals surface area contributed by atoms with E-state index in [-0.39, 0.29) is 0 Å². The molecule has 0 saturated carbocycles. The zero-order chi connectivity index (χ0) is 8.84. The smallest absolute Gasteiger partial charge is 0.0805 e. The summed E-state index contributed by atoms with van der Waals surface area (Å²) in [7, 11) is 0. The lowest BCUT2D eigenvalue weighted by atomic mass is 10.1. The summed E-state index contributed by atoms with van der Waals surface area (Å²) in [4.78, 5) is 6.84. The van der Waals surface area contributed by atoms with Crippen molar-refractivity contribution in [1.29, 1.82) is 0 Å². The van der Waals surface area contributed by atoms with Gasteiger partial charge in [0.15, 0.2) is 0 Å². The number of aromatic nitrogens is 1. The van der Waals surface area contributed by atoms with Crippen LogP contribution in [-0.2, 0) is 0 Å². The summed E-state index contributed by atoms with van der Waals surface area (Å²) in [5.41, 5.74) is 1.94. The molecule has 1 aromatic rings. The Kier molecular flexibility index (Phi) is 1.95. The highest BCUT2D eigenvalue weighted by molar-refractivity contribution is 14.1. The predicted octanol–water partition coefficient (Wildman–Crippen LogP) is 0.206. The lowest BCUT2D eigenvalue weighted by Crippen LogP contribution is -2.37. The normalized spacial score (nSPS) is 31.8. The number of rotatable bonds is 1. The van der Waals surface area contributed by atoms with Gasteiger partial charge >= 0.3 is 0 Å². The van der Waals surface area contributed by atoms with Gasteiger partial charge < -0.3 is 0 Å². The first-order valence-electron chi connectivity index (χ1n) is 4.36. The predicted molar refractivity (Wildman–Crippen MR) is 63.5 cm³/mol. The number of hydrogen-bond donors (Lipinski definition) is 0. The molecule has 1 aliphatic heterocycles. The van der Waals surface area contributed by atoms with E-state index < -0.39 is 0 Å². The Morgan fingerprint density at radius 2 is 2.31 bits per heavy atom. The summed E-state index contributed by atoms with van der Waals surface area (Å²) in [6.07, 6.45) is 4.66. The van der Waals surface area contributed by atoms with Crippen molar-refractivity contribution in [3.05, 3.63) is 15.4 Å². The zero-order valence-electron chi connectivity index (χ0n) is 6.98. The van der Waals surface area contributed by atoms with Gasteiger partial charge in [-0.1, -0.05) is 28.7 Å². The van der Waals surface area contributed by atoms with Gasteiger partial charge in [0.25, 0.3) is 0 Å². The topological polar surface area (TPSA) is 15.9 Å². The van der Waals surface area contributed by atoms with Crippen LogP contribution in [0.2, 0.25) is 0 Å². The van der Waals surface area contributed by atoms with Gasteiger partial charge in [0.2, 0.25) is 0 Å². The van der Waals surface area contributed by atoms with Gasteiger partial charge in [0.05, 0.1) is 15.4 Å². The Bertz CT molecular complexity index is 435. The molecule has 13 heavy (non-hydrogen) atoms. The Morgan fingerprint density at radius 3 is 3.08 bits per heavy atom. The first kappa shape index (κ1) is 8.38. The molecule has 2 heterocycles. The Labute approximate surface area is 94.1 Å². The first-order valence-corrected chi connectivity index (χ1v) is 6.48. The fourth-order valence-electron chi connectivity index (χ4n) is 1.67. The SMILES string of the molecule is IC1C=c2scnc2=CC1N1CC1. The third kappa shape index (κ3) is 1.45. The summed E-state index contributed by atoms with van der Waals surface area (Å²) in [6.45, 7) is 2.52. The third-order valence-electron chi connectivity index (χ3n) is 2.49. The van der Waals surface area contributed by atoms with Crippen LogP contribution in [0.4, 0.5) is 0 Å². The van der Waals surface area contributed by atoms with Crippen LogP contribution in [-0.4, -0.2) is 32.9 Å². The van der Waals surface area contributed by atoms with Crippen molar-refractivity contribution < 1.29 is 0 Å². The van der Waals surface area contributed by atoms with Crippen LogP contribution in [0.3, 0.4) is 0 Å². The van der Waals surface area contributed by atoms with Gasteiger partial charge in [-0.05, 0) is 6.08 Å². The van der Waals surface area contributed by atoms with E-state index in [0.717, 1.165) is 0 Å². The molecule has 0 radical (unpaired) electrons. The summed E-state index contributed by atoms with van der Waals surface area (Å²) >= 11 is 4.26. The molecule has 0 N–H and O–H groups in total. The minimum Gasteiger partial charge on any atom is -0.293 e. The van der Waals surface area contributed by atoms with Crippen molar-refractivity contribution in [3.63, 3.8) is 0 Å². The van der Waals surface area contributed by atoms with Gasteiger partial charge in [-0.2, -0.15) is 0 Å². The number of thiazole rings is 1. The molecule has 2 aliphatic rings. The van der Waals surface area contributed by atoms with Crippen LogP contribution < -0.4 is 9.88 Å². The average molecular weight is 304 g/mol. The number of hydrogen-bond acceptors (Lipinski definition) is 3. The van der Waals surface area contributed by atoms with E-state index in [4.69, 9.17) is 0 Å². The summed E-state index contributed by atoms with van der Waals surface area (Å²) in [6, 6.07) is 0.593. The van der Waals surface area contributed by atoms with Gasteiger partial charge in [0.1, 0.15) is 0 Å². The number of halogens is 1. The molecule has 0 aromatic carbocycles. The van der Waals surface area contributed by atoms with E-state index in [1.807, 2.05) is 5.51 Å². The van der Waals surface area contributed by atoms with Crippen LogP contribution in [0.25, 0.3) is 12.2 Å². The standard InChI is InChI=1S/C9H9IN2S/c10-6-3-9-7(11-5-13-9)4-8(6)12-1-2-12/h3-6,8H,1-2H2. The molecular formula is C9H9IN2S. The molecule has 1 saturated heterocycles. The van der Waals surface area contributed by atoms with Crippen molar-refractivity contribution in [2.24, 2.45) is 0 Å². The number of alkyl halides is 1. The molecule has 68 valence electrons. The van der Waals surface area contributed by atoms with E-state index in [2.05, 4.69) is 44.6 Å². The summed E-state index contributed by atoms with van der Waals surface area (Å²) in [5, 5.41) is 1.19. The number of fused-ring (bicyclic) bond motifs is 1. The molecule has 4 heteroatoms. The monoisotopic (exact) mass is 304 g/mol. The second kappa shape index (κ2) is 3.03. The third-order valence-corrected chi connectivity index (χ3v) is 4.40. The van der Waals surface area contributed by atoms with Crippen LogP contribution in [0.5, 0.6) is 0 Å². The van der Waals surface area contributed by atoms with E-state index in [9.17, 15) is 0 Å². The van der Waals surface area contributed by atoms with Gasteiger partial charge in [-0.15, -0.1) is 11.3 Å². The molecule has 1 aromatic heterocycles. The highest BCUT2D eigenvalue weighted by Gasteiger charge is 2.31. The van der Waals surface area contributed by atoms with Crippen molar-refractivity contribution in [2.75, 3.05) is 13.1 Å². The highest BCUT2D eigenvalue weighted by atomic mass is 127. The van der Waals surface area contributed by atoms with Crippen LogP contribution >= 0.6 is 33.9 Å². The van der Waals surface area contributed by atoms with Gasteiger partial charge in [-0.3, -0.25) is 4.90 Å². The van der Waals surface area contributed by atoms with Crippen LogP contribution in [0.15, 0.2) is 5.51 Å². The van der Waals surface area contributed by atoms with Crippen molar-refractivity contribution in [2.45, 2.75) is 9.97 Å². The summed E-state index contributed by atoms with van der Waals surface area (Å²) < 4.78 is 1.96. The lowest BCUT2D eigenvalue weighted by molar-refractivity contribution is 0.508. The Balaban J connectivity index is 2.12. The first-order chi connectivity index (χ1) is 6.34. The minimum atomic E-state index is 0.593. The van der Waals surface area contributed by atoms with E-state index >= 15 is 0 Å². The van der Waals surface area contributed by atoms with Crippen LogP contribution in [0.1, 0.15) is 0 Å². The maximum atomic E-state index is 4.35. The van der Waals surface area contributed by atoms with Crippen molar-refractivity contribution >= 4 is 46.1 Å². The largest absolute Gasteiger partial charge is 0.293 e. The van der Waals surface area contributed by atoms with Crippen molar-refractivity contribution in [3.8, 4) is 0 Å². The fourth-order valence-corrected chi connectivity index (χ4v) is 3.69. The maximum Gasteiger partial charge on any atom is 0.0805 e. The summed E-state index contributed by atoms with van der Waals surface area (Å²) in [5.74, 6) is 0. The molecule has 0 spiro atoms. The molecular weight excluding hydrogens is 295 g/mol. The maximum absolute atomic E-state index is 4.35. The molecule has 1 aliphatic carbocycles. The minimum absolute atomic E-state index is 0.593. The highest BCUT2D eigenvalue weighted by Crippen LogP contribution is 2.22. The zero-order valence-corrected chi connectivity index (χ0v) is 9.96. The van der Waals surface area contributed by atoms with Crippen LogP contribution in [0, 0.1) is 0 Å². The molecule has 3 rings (SSSR count). The quantitative estimate of drug-likeness (QED) is 0.419. The van der Waals surface area contributed by atoms with Gasteiger partial charge in [0, 0.05) is 23.1 Å².